The van der Waals surface area contributed by atoms with Gasteiger partial charge in [0.15, 0.2) is 0 Å². The Morgan fingerprint density at radius 2 is 2.42 bits per heavy atom. The maximum absolute atomic E-state index is 9.07. The summed E-state index contributed by atoms with van der Waals surface area (Å²) >= 11 is 0. The van der Waals surface area contributed by atoms with Crippen LogP contribution < -0.4 is 0 Å². The highest BCUT2D eigenvalue weighted by Crippen LogP contribution is 2.20. The number of benzene rings is 1. The molecule has 0 bridgehead atoms. The van der Waals surface area contributed by atoms with E-state index in [4.69, 9.17) is 5.11 Å². The van der Waals surface area contributed by atoms with Gasteiger partial charge in [0, 0.05) is 22.2 Å². The number of aryl methyl sites for hydroxylation is 1. The minimum atomic E-state index is 0.0757. The Morgan fingerprint density at radius 1 is 1.58 bits per heavy atom. The number of aromatic amines is 1. The average Bonchev–Trinajstić information content (AvgIpc) is 2.40. The fourth-order valence-electron chi connectivity index (χ4n) is 1.45. The lowest BCUT2D eigenvalue weighted by Gasteiger charge is -1.92. The highest BCUT2D eigenvalue weighted by Gasteiger charge is 2.05. The largest absolute Gasteiger partial charge is 0.392 e. The first-order valence-corrected chi connectivity index (χ1v) is 3.91. The van der Waals surface area contributed by atoms with Crippen molar-refractivity contribution in [1.82, 2.24) is 4.98 Å². The molecular weight excluding hydrogens is 150 g/mol. The number of aliphatic hydroxyl groups excluding tert-OH is 1. The summed E-state index contributed by atoms with van der Waals surface area (Å²) in [6.45, 7) is 2.03. The predicted octanol–water partition coefficient (Wildman–Crippen LogP) is 1.77. The van der Waals surface area contributed by atoms with Crippen LogP contribution in [0.4, 0.5) is 0 Å². The van der Waals surface area contributed by atoms with Crippen LogP contribution in [0.25, 0.3) is 10.9 Å². The van der Waals surface area contributed by atoms with Gasteiger partial charge in [-0.3, -0.25) is 0 Å². The van der Waals surface area contributed by atoms with Gasteiger partial charge in [-0.15, -0.1) is 0 Å². The van der Waals surface area contributed by atoms with Crippen molar-refractivity contribution < 1.29 is 5.11 Å². The van der Waals surface area contributed by atoms with Crippen LogP contribution in [-0.2, 0) is 6.61 Å². The third kappa shape index (κ3) is 0.924. The molecule has 1 aromatic heterocycles. The van der Waals surface area contributed by atoms with E-state index in [2.05, 4.69) is 11.1 Å². The summed E-state index contributed by atoms with van der Waals surface area (Å²) in [4.78, 5) is 3.19. The van der Waals surface area contributed by atoms with Crippen LogP contribution in [0.2, 0.25) is 0 Å². The van der Waals surface area contributed by atoms with E-state index in [1.165, 1.54) is 0 Å². The second-order valence-electron chi connectivity index (χ2n) is 2.85. The van der Waals surface area contributed by atoms with Crippen molar-refractivity contribution in [3.63, 3.8) is 0 Å². The highest BCUT2D eigenvalue weighted by molar-refractivity contribution is 5.83. The molecule has 2 rings (SSSR count). The highest BCUT2D eigenvalue weighted by atomic mass is 16.3. The van der Waals surface area contributed by atoms with Gasteiger partial charge >= 0.3 is 0 Å². The van der Waals surface area contributed by atoms with Crippen LogP contribution in [0.1, 0.15) is 11.3 Å². The molecule has 0 aliphatic carbocycles. The maximum atomic E-state index is 9.07. The first kappa shape index (κ1) is 7.37. The molecule has 0 unspecified atom stereocenters. The SMILES string of the molecule is Cc1[nH]c2ccc[c]c2c1CO. The van der Waals surface area contributed by atoms with Crippen LogP contribution in [-0.4, -0.2) is 10.1 Å². The van der Waals surface area contributed by atoms with Crippen LogP contribution in [0.5, 0.6) is 0 Å². The Hall–Kier alpha value is -1.28. The maximum Gasteiger partial charge on any atom is 0.0705 e. The van der Waals surface area contributed by atoms with E-state index in [1.807, 2.05) is 25.1 Å². The Bertz CT molecular complexity index is 403. The molecule has 2 N–H and O–H groups in total. The molecule has 0 fully saturated rings. The second-order valence-corrected chi connectivity index (χ2v) is 2.85. The Balaban J connectivity index is 2.81. The number of fused-ring (bicyclic) bond motifs is 1. The molecular formula is C10H10NO. The normalized spacial score (nSPS) is 10.8. The van der Waals surface area contributed by atoms with Crippen molar-refractivity contribution >= 4 is 10.9 Å². The molecule has 0 spiro atoms. The monoisotopic (exact) mass is 160 g/mol. The van der Waals surface area contributed by atoms with Crippen molar-refractivity contribution in [2.24, 2.45) is 0 Å². The molecule has 0 atom stereocenters. The number of nitrogens with one attached hydrogen (secondary N) is 1. The molecule has 1 radical (unpaired) electrons. The molecule has 0 aliphatic heterocycles. The van der Waals surface area contributed by atoms with Gasteiger partial charge in [-0.2, -0.15) is 0 Å². The Kier molecular flexibility index (Phi) is 1.62. The van der Waals surface area contributed by atoms with Gasteiger partial charge in [0.2, 0.25) is 0 Å². The summed E-state index contributed by atoms with van der Waals surface area (Å²) in [6.07, 6.45) is 0. The average molecular weight is 160 g/mol. The standard InChI is InChI=1S/C10H10NO/c1-7-9(6-12)8-4-2-3-5-10(8)11-7/h2-3,5,11-12H,6H2,1H3. The summed E-state index contributed by atoms with van der Waals surface area (Å²) in [7, 11) is 0. The van der Waals surface area contributed by atoms with Crippen LogP contribution in [0.3, 0.4) is 0 Å². The summed E-state index contributed by atoms with van der Waals surface area (Å²) < 4.78 is 0. The number of H-pyrrole nitrogens is 1. The van der Waals surface area contributed by atoms with E-state index in [1.54, 1.807) is 0 Å². The zero-order valence-electron chi connectivity index (χ0n) is 6.89. The minimum Gasteiger partial charge on any atom is -0.392 e. The summed E-state index contributed by atoms with van der Waals surface area (Å²) in [5.74, 6) is 0. The number of hydrogen-bond acceptors (Lipinski definition) is 1. The van der Waals surface area contributed by atoms with E-state index in [-0.39, 0.29) is 6.61 Å². The van der Waals surface area contributed by atoms with Gasteiger partial charge in [-0.05, 0) is 19.1 Å². The van der Waals surface area contributed by atoms with Crippen molar-refractivity contribution in [2.75, 3.05) is 0 Å². The van der Waals surface area contributed by atoms with Crippen molar-refractivity contribution in [1.29, 1.82) is 0 Å². The molecule has 0 saturated heterocycles. The molecule has 2 heteroatoms. The molecule has 1 aromatic carbocycles. The van der Waals surface area contributed by atoms with E-state index >= 15 is 0 Å². The van der Waals surface area contributed by atoms with Crippen molar-refractivity contribution in [3.05, 3.63) is 35.5 Å². The smallest absolute Gasteiger partial charge is 0.0705 e. The fraction of sp³-hybridized carbons (Fsp3) is 0.200. The summed E-state index contributed by atoms with van der Waals surface area (Å²) in [5, 5.41) is 10.1. The number of hydrogen-bond donors (Lipinski definition) is 2. The Morgan fingerprint density at radius 3 is 3.17 bits per heavy atom. The van der Waals surface area contributed by atoms with Gasteiger partial charge in [0.25, 0.3) is 0 Å². The molecule has 0 saturated carbocycles. The van der Waals surface area contributed by atoms with E-state index in [0.717, 1.165) is 22.2 Å². The van der Waals surface area contributed by atoms with Crippen LogP contribution in [0, 0.1) is 13.0 Å². The third-order valence-corrected chi connectivity index (χ3v) is 2.09. The second kappa shape index (κ2) is 2.64. The van der Waals surface area contributed by atoms with E-state index in [0.29, 0.717) is 0 Å². The lowest BCUT2D eigenvalue weighted by atomic mass is 10.1. The van der Waals surface area contributed by atoms with Gasteiger partial charge in [0.1, 0.15) is 0 Å². The zero-order chi connectivity index (χ0) is 8.55. The molecule has 1 heterocycles. The van der Waals surface area contributed by atoms with Gasteiger partial charge in [-0.25, -0.2) is 0 Å². The zero-order valence-corrected chi connectivity index (χ0v) is 6.89. The number of aliphatic hydroxyl groups is 1. The van der Waals surface area contributed by atoms with Gasteiger partial charge < -0.3 is 10.1 Å². The first-order chi connectivity index (χ1) is 5.83. The Labute approximate surface area is 70.8 Å². The van der Waals surface area contributed by atoms with Crippen molar-refractivity contribution in [3.8, 4) is 0 Å². The van der Waals surface area contributed by atoms with E-state index in [9.17, 15) is 0 Å². The summed E-state index contributed by atoms with van der Waals surface area (Å²) in [5.41, 5.74) is 3.01. The molecule has 12 heavy (non-hydrogen) atoms. The van der Waals surface area contributed by atoms with Crippen molar-refractivity contribution in [2.45, 2.75) is 13.5 Å². The molecule has 2 nitrogen and oxygen atoms in total. The van der Waals surface area contributed by atoms with Crippen LogP contribution >= 0.6 is 0 Å². The lowest BCUT2D eigenvalue weighted by Crippen LogP contribution is -1.83. The van der Waals surface area contributed by atoms with Gasteiger partial charge in [-0.1, -0.05) is 12.1 Å². The number of rotatable bonds is 1. The third-order valence-electron chi connectivity index (χ3n) is 2.09. The van der Waals surface area contributed by atoms with E-state index < -0.39 is 0 Å². The lowest BCUT2D eigenvalue weighted by molar-refractivity contribution is 0.282. The first-order valence-electron chi connectivity index (χ1n) is 3.91. The minimum absolute atomic E-state index is 0.0757. The molecule has 0 amide bonds. The molecule has 2 aromatic rings. The van der Waals surface area contributed by atoms with Gasteiger partial charge in [0.05, 0.1) is 6.61 Å². The predicted molar refractivity (Wildman–Crippen MR) is 47.8 cm³/mol. The quantitative estimate of drug-likeness (QED) is 0.655. The summed E-state index contributed by atoms with van der Waals surface area (Å²) in [6, 6.07) is 8.87. The fourth-order valence-corrected chi connectivity index (χ4v) is 1.45. The molecule has 0 aliphatic rings. The van der Waals surface area contributed by atoms with Crippen LogP contribution in [0.15, 0.2) is 18.2 Å². The topological polar surface area (TPSA) is 36.0 Å². The molecule has 61 valence electrons. The number of aromatic nitrogens is 1.